The summed E-state index contributed by atoms with van der Waals surface area (Å²) < 4.78 is 1.07. The number of hydrogen-bond acceptors (Lipinski definition) is 5. The maximum absolute atomic E-state index is 6.27. The fraction of sp³-hybridized carbons (Fsp3) is 0.500. The second-order valence-corrected chi connectivity index (χ2v) is 6.86. The first-order valence-corrected chi connectivity index (χ1v) is 8.63. The lowest BCUT2D eigenvalue weighted by Crippen LogP contribution is -2.58. The summed E-state index contributed by atoms with van der Waals surface area (Å²) in [5.41, 5.74) is 14.1. The van der Waals surface area contributed by atoms with E-state index in [1.54, 1.807) is 0 Å². The van der Waals surface area contributed by atoms with Gasteiger partial charge in [0.25, 0.3) is 0 Å². The number of anilines is 1. The summed E-state index contributed by atoms with van der Waals surface area (Å²) in [4.78, 5) is 11.0. The van der Waals surface area contributed by atoms with E-state index in [9.17, 15) is 0 Å². The Morgan fingerprint density at radius 3 is 2.64 bits per heavy atom. The smallest absolute Gasteiger partial charge is 0.220 e. The predicted octanol–water partition coefficient (Wildman–Crippen LogP) is 3.12. The van der Waals surface area contributed by atoms with Gasteiger partial charge in [-0.1, -0.05) is 29.3 Å². The van der Waals surface area contributed by atoms with Gasteiger partial charge in [0.15, 0.2) is 0 Å². The zero-order valence-electron chi connectivity index (χ0n) is 12.8. The summed E-state index contributed by atoms with van der Waals surface area (Å²) in [5.74, 6) is 0.747. The molecule has 22 heavy (non-hydrogen) atoms. The topological polar surface area (TPSA) is 80.0 Å². The molecule has 1 aliphatic carbocycles. The summed E-state index contributed by atoms with van der Waals surface area (Å²) in [7, 11) is 0. The Morgan fingerprint density at radius 1 is 1.23 bits per heavy atom. The van der Waals surface area contributed by atoms with Gasteiger partial charge in [-0.15, -0.1) is 0 Å². The van der Waals surface area contributed by atoms with E-state index >= 15 is 0 Å². The molecule has 5 nitrogen and oxygen atoms in total. The van der Waals surface area contributed by atoms with Crippen molar-refractivity contribution in [1.29, 1.82) is 0 Å². The third-order valence-corrected chi connectivity index (χ3v) is 5.01. The lowest BCUT2D eigenvalue weighted by molar-refractivity contribution is 0.305. The van der Waals surface area contributed by atoms with Crippen LogP contribution in [0.15, 0.2) is 32.7 Å². The van der Waals surface area contributed by atoms with Crippen molar-refractivity contribution < 1.29 is 0 Å². The summed E-state index contributed by atoms with van der Waals surface area (Å²) in [6, 6.07) is 6.28. The van der Waals surface area contributed by atoms with Crippen LogP contribution in [0.3, 0.4) is 0 Å². The van der Waals surface area contributed by atoms with E-state index in [2.05, 4.69) is 44.9 Å². The van der Waals surface area contributed by atoms with E-state index in [1.165, 1.54) is 12.0 Å². The molecule has 1 fully saturated rings. The molecule has 1 aromatic rings. The zero-order chi connectivity index (χ0) is 15.7. The van der Waals surface area contributed by atoms with Crippen molar-refractivity contribution in [2.45, 2.75) is 51.1 Å². The van der Waals surface area contributed by atoms with Crippen molar-refractivity contribution in [2.24, 2.45) is 21.5 Å². The highest BCUT2D eigenvalue weighted by atomic mass is 79.9. The molecule has 0 bridgehead atoms. The fourth-order valence-electron chi connectivity index (χ4n) is 3.53. The Bertz CT molecular complexity index is 631. The van der Waals surface area contributed by atoms with Gasteiger partial charge in [0, 0.05) is 10.2 Å². The molecule has 0 aromatic heterocycles. The molecule has 118 valence electrons. The molecule has 6 heteroatoms. The highest BCUT2D eigenvalue weighted by Crippen LogP contribution is 2.41. The Balaban J connectivity index is 2.12. The molecule has 1 spiro atoms. The minimum absolute atomic E-state index is 0.297. The van der Waals surface area contributed by atoms with Crippen molar-refractivity contribution >= 4 is 33.5 Å². The van der Waals surface area contributed by atoms with Crippen LogP contribution in [0.2, 0.25) is 0 Å². The van der Waals surface area contributed by atoms with Gasteiger partial charge in [0.05, 0.1) is 0 Å². The van der Waals surface area contributed by atoms with Crippen LogP contribution in [0.5, 0.6) is 0 Å². The summed E-state index contributed by atoms with van der Waals surface area (Å²) in [5, 5.41) is 0. The molecule has 1 aromatic carbocycles. The third-order valence-electron chi connectivity index (χ3n) is 4.51. The molecule has 0 atom stereocenters. The van der Waals surface area contributed by atoms with Crippen LogP contribution < -0.4 is 16.4 Å². The van der Waals surface area contributed by atoms with Crippen LogP contribution in [-0.4, -0.2) is 17.6 Å². The number of aryl methyl sites for hydroxylation is 1. The number of nitrogens with zero attached hydrogens (tertiary/aromatic N) is 3. The largest absolute Gasteiger partial charge is 0.369 e. The van der Waals surface area contributed by atoms with Gasteiger partial charge in [0.1, 0.15) is 5.66 Å². The number of nitrogens with two attached hydrogens (primary N) is 2. The minimum Gasteiger partial charge on any atom is -0.369 e. The first-order valence-electron chi connectivity index (χ1n) is 7.84. The third kappa shape index (κ3) is 2.60. The molecule has 0 unspecified atom stereocenters. The van der Waals surface area contributed by atoms with Crippen LogP contribution in [0.4, 0.5) is 5.69 Å². The first kappa shape index (κ1) is 15.3. The quantitative estimate of drug-likeness (QED) is 0.846. The monoisotopic (exact) mass is 363 g/mol. The number of rotatable bonds is 2. The Morgan fingerprint density at radius 2 is 1.95 bits per heavy atom. The molecule has 1 heterocycles. The van der Waals surface area contributed by atoms with Crippen molar-refractivity contribution in [3.63, 3.8) is 0 Å². The van der Waals surface area contributed by atoms with E-state index < -0.39 is 0 Å². The van der Waals surface area contributed by atoms with E-state index in [0.29, 0.717) is 11.9 Å². The number of benzene rings is 1. The van der Waals surface area contributed by atoms with Crippen molar-refractivity contribution in [3.05, 3.63) is 28.2 Å². The lowest BCUT2D eigenvalue weighted by atomic mass is 9.87. The summed E-state index contributed by atoms with van der Waals surface area (Å²) in [6.07, 6.45) is 6.36. The normalized spacial score (nSPS) is 20.7. The number of halogens is 1. The van der Waals surface area contributed by atoms with Crippen LogP contribution in [0, 0.1) is 0 Å². The highest BCUT2D eigenvalue weighted by Gasteiger charge is 2.43. The summed E-state index contributed by atoms with van der Waals surface area (Å²) >= 11 is 3.55. The van der Waals surface area contributed by atoms with E-state index in [1.807, 2.05) is 6.07 Å². The van der Waals surface area contributed by atoms with Crippen molar-refractivity contribution in [3.8, 4) is 0 Å². The van der Waals surface area contributed by atoms with Gasteiger partial charge in [-0.05, 0) is 55.9 Å². The maximum Gasteiger partial charge on any atom is 0.220 e. The molecule has 0 saturated heterocycles. The van der Waals surface area contributed by atoms with Gasteiger partial charge in [-0.2, -0.15) is 4.99 Å². The Hall–Kier alpha value is -1.56. The number of hydrogen-bond donors (Lipinski definition) is 2. The van der Waals surface area contributed by atoms with Gasteiger partial charge in [-0.25, -0.2) is 4.99 Å². The summed E-state index contributed by atoms with van der Waals surface area (Å²) in [6.45, 7) is 2.15. The predicted molar refractivity (Wildman–Crippen MR) is 95.1 cm³/mol. The Kier molecular flexibility index (Phi) is 4.12. The molecule has 1 saturated carbocycles. The van der Waals surface area contributed by atoms with Gasteiger partial charge >= 0.3 is 0 Å². The van der Waals surface area contributed by atoms with Crippen molar-refractivity contribution in [2.75, 3.05) is 4.90 Å². The number of guanidine groups is 2. The van der Waals surface area contributed by atoms with Gasteiger partial charge < -0.3 is 11.5 Å². The van der Waals surface area contributed by atoms with Gasteiger partial charge in [0.2, 0.25) is 11.9 Å². The Labute approximate surface area is 139 Å². The van der Waals surface area contributed by atoms with E-state index in [4.69, 9.17) is 16.5 Å². The van der Waals surface area contributed by atoms with Crippen molar-refractivity contribution in [1.82, 2.24) is 0 Å². The minimum atomic E-state index is -0.369. The molecule has 1 aliphatic heterocycles. The van der Waals surface area contributed by atoms with E-state index in [-0.39, 0.29) is 5.66 Å². The molecular weight excluding hydrogens is 342 g/mol. The second-order valence-electron chi connectivity index (χ2n) is 5.95. The number of aliphatic imine (C=N–C) groups is 2. The molecule has 4 N–H and O–H groups in total. The zero-order valence-corrected chi connectivity index (χ0v) is 14.4. The fourth-order valence-corrected chi connectivity index (χ4v) is 3.93. The SMILES string of the molecule is CCc1cc(Br)ccc1N1C(N)=NC(N)=NC12CCCCC2. The first-order chi connectivity index (χ1) is 10.6. The molecule has 3 rings (SSSR count). The maximum atomic E-state index is 6.27. The average Bonchev–Trinajstić information content (AvgIpc) is 2.48. The molecular formula is C16H22BrN5. The van der Waals surface area contributed by atoms with Crippen LogP contribution in [0.25, 0.3) is 0 Å². The van der Waals surface area contributed by atoms with Crippen LogP contribution in [-0.2, 0) is 6.42 Å². The molecule has 2 aliphatic rings. The molecule has 0 radical (unpaired) electrons. The van der Waals surface area contributed by atoms with Gasteiger partial charge in [-0.3, -0.25) is 4.90 Å². The second kappa shape index (κ2) is 5.91. The molecule has 0 amide bonds. The lowest BCUT2D eigenvalue weighted by Gasteiger charge is -2.46. The van der Waals surface area contributed by atoms with Crippen LogP contribution >= 0.6 is 15.9 Å². The van der Waals surface area contributed by atoms with E-state index in [0.717, 1.165) is 42.3 Å². The average molecular weight is 364 g/mol. The highest BCUT2D eigenvalue weighted by molar-refractivity contribution is 9.10. The standard InChI is InChI=1S/C16H22BrN5/c1-2-11-10-12(17)6-7-13(11)22-15(19)20-14(18)21-16(22)8-4-3-5-9-16/h6-7,10H,2-5,8-9H2,1H3,(H4,18,19,20,21). The van der Waals surface area contributed by atoms with Crippen LogP contribution in [0.1, 0.15) is 44.6 Å².